The lowest BCUT2D eigenvalue weighted by atomic mass is 9.80. The van der Waals surface area contributed by atoms with E-state index in [9.17, 15) is 18.8 Å². The molecule has 0 radical (unpaired) electrons. The van der Waals surface area contributed by atoms with Crippen molar-refractivity contribution in [1.82, 2.24) is 55.7 Å². The van der Waals surface area contributed by atoms with E-state index in [4.69, 9.17) is 9.97 Å². The molecular formula is C61H55N13O3S. The Kier molecular flexibility index (Phi) is 12.2. The molecule has 0 saturated heterocycles. The number of aromatic amines is 4. The molecule has 388 valence electrons. The number of rotatable bonds is 5. The Morgan fingerprint density at radius 2 is 1.35 bits per heavy atom. The van der Waals surface area contributed by atoms with Crippen LogP contribution in [0.25, 0.3) is 99.3 Å². The summed E-state index contributed by atoms with van der Waals surface area (Å²) in [6.07, 6.45) is 16.4. The minimum Gasteiger partial charge on any atom is -0.508 e. The van der Waals surface area contributed by atoms with E-state index in [0.717, 1.165) is 140 Å². The van der Waals surface area contributed by atoms with Crippen molar-refractivity contribution in [2.24, 2.45) is 5.92 Å². The summed E-state index contributed by atoms with van der Waals surface area (Å²) in [6.45, 7) is 4.06. The van der Waals surface area contributed by atoms with E-state index >= 15 is 0 Å². The van der Waals surface area contributed by atoms with E-state index in [1.807, 2.05) is 73.9 Å². The van der Waals surface area contributed by atoms with Crippen LogP contribution in [0.3, 0.4) is 0 Å². The van der Waals surface area contributed by atoms with Crippen molar-refractivity contribution in [2.45, 2.75) is 84.5 Å². The highest BCUT2D eigenvalue weighted by Gasteiger charge is 2.28. The van der Waals surface area contributed by atoms with E-state index in [2.05, 4.69) is 87.8 Å². The fraction of sp³-hybridized carbons (Fsp3) is 0.246. The minimum atomic E-state index is -3.28. The predicted octanol–water partition coefficient (Wildman–Crippen LogP) is 12.1. The number of pyridine rings is 3. The van der Waals surface area contributed by atoms with Gasteiger partial charge in [-0.2, -0.15) is 30.9 Å². The first-order chi connectivity index (χ1) is 38.0. The Labute approximate surface area is 448 Å². The van der Waals surface area contributed by atoms with Gasteiger partial charge in [0.2, 0.25) is 10.0 Å². The molecule has 3 aliphatic rings. The van der Waals surface area contributed by atoms with Crippen molar-refractivity contribution in [1.29, 1.82) is 5.26 Å². The van der Waals surface area contributed by atoms with Crippen molar-refractivity contribution in [3.05, 3.63) is 148 Å². The number of hydrogen-bond acceptors (Lipinski definition) is 11. The molecule has 7 aromatic heterocycles. The van der Waals surface area contributed by atoms with Crippen LogP contribution in [0.2, 0.25) is 0 Å². The molecular weight excluding hydrogens is 995 g/mol. The summed E-state index contributed by atoms with van der Waals surface area (Å²) in [5.74, 6) is 0.310. The first-order valence-electron chi connectivity index (χ1n) is 26.6. The molecule has 16 nitrogen and oxygen atoms in total. The Morgan fingerprint density at radius 1 is 0.628 bits per heavy atom. The van der Waals surface area contributed by atoms with Gasteiger partial charge in [-0.05, 0) is 196 Å². The maximum Gasteiger partial charge on any atom is 0.229 e. The number of sulfonamides is 1. The number of nitriles is 1. The average Bonchev–Trinajstić information content (AvgIpc) is 4.45. The van der Waals surface area contributed by atoms with E-state index in [-0.39, 0.29) is 11.7 Å². The van der Waals surface area contributed by atoms with Crippen molar-refractivity contribution in [3.63, 3.8) is 0 Å². The molecule has 1 atom stereocenters. The van der Waals surface area contributed by atoms with Crippen LogP contribution in [0.15, 0.2) is 103 Å². The van der Waals surface area contributed by atoms with E-state index in [0.29, 0.717) is 5.69 Å². The number of aromatic nitrogens is 11. The van der Waals surface area contributed by atoms with Crippen molar-refractivity contribution in [2.75, 3.05) is 11.0 Å². The zero-order valence-corrected chi connectivity index (χ0v) is 44.2. The normalized spacial score (nSPS) is 15.1. The average molecular weight is 1050 g/mol. The minimum absolute atomic E-state index is 0.0392. The molecule has 5 aromatic carbocycles. The van der Waals surface area contributed by atoms with Gasteiger partial charge in [-0.3, -0.25) is 19.9 Å². The standard InChI is InChI=1S/C22H21N3O2S.C20H18N6.C19H16N4O/c1-28(26,27)25-15-8-6-14(7-9-15)22-17-5-3-2-4-16(17)21-18-12-13-23-19(18)10-11-20(21)24-22;1-10-15(9-22-24-10)20-14-7-12(8-21)3-4-13(14)19-16(23-20)5-6-17-18(19)11(2)25-26-17;24-12-7-5-11(6-8-12)17-14-4-2-1-3-13(14)15-9-10-16-19(18(15)20-17)22-23-21-16/h6-13,24-25H,2-5H2,1H3;5-6,9,12H,3-4,7H2,1-2H3,(H,22,24)(H,25,26);5-10,24H,1-4H2,(H,21,22,23). The van der Waals surface area contributed by atoms with E-state index in [1.54, 1.807) is 12.1 Å². The second-order valence-corrected chi connectivity index (χ2v) is 22.7. The van der Waals surface area contributed by atoms with Crippen LogP contribution in [0.1, 0.15) is 76.9 Å². The van der Waals surface area contributed by atoms with Crippen LogP contribution < -0.4 is 4.72 Å². The first-order valence-corrected chi connectivity index (χ1v) is 28.5. The van der Waals surface area contributed by atoms with Gasteiger partial charge in [-0.25, -0.2) is 18.4 Å². The lowest BCUT2D eigenvalue weighted by Crippen LogP contribution is -2.15. The fourth-order valence-corrected chi connectivity index (χ4v) is 12.9. The molecule has 1 unspecified atom stereocenters. The Bertz CT molecular complexity index is 4490. The maximum absolute atomic E-state index is 11.5. The summed E-state index contributed by atoms with van der Waals surface area (Å²) in [4.78, 5) is 18.1. The van der Waals surface area contributed by atoms with E-state index in [1.165, 1.54) is 80.6 Å². The van der Waals surface area contributed by atoms with Crippen LogP contribution in [-0.4, -0.2) is 75.5 Å². The number of phenols is 1. The van der Waals surface area contributed by atoms with Gasteiger partial charge >= 0.3 is 0 Å². The summed E-state index contributed by atoms with van der Waals surface area (Å²) >= 11 is 0. The van der Waals surface area contributed by atoms with Crippen molar-refractivity contribution >= 4 is 81.3 Å². The lowest BCUT2D eigenvalue weighted by molar-refractivity contribution is 0.475. The highest BCUT2D eigenvalue weighted by atomic mass is 32.2. The maximum atomic E-state index is 11.5. The summed E-state index contributed by atoms with van der Waals surface area (Å²) < 4.78 is 25.4. The monoisotopic (exact) mass is 1050 g/mol. The van der Waals surface area contributed by atoms with Crippen LogP contribution >= 0.6 is 0 Å². The van der Waals surface area contributed by atoms with E-state index < -0.39 is 10.0 Å². The van der Waals surface area contributed by atoms with Gasteiger partial charge in [0, 0.05) is 72.5 Å². The smallest absolute Gasteiger partial charge is 0.229 e. The lowest BCUT2D eigenvalue weighted by Gasteiger charge is -2.24. The number of hydrogen-bond donors (Lipinski definition) is 6. The molecule has 6 N–H and O–H groups in total. The quantitative estimate of drug-likeness (QED) is 0.0946. The zero-order chi connectivity index (χ0) is 53.2. The third kappa shape index (κ3) is 8.71. The molecule has 12 aromatic rings. The molecule has 0 bridgehead atoms. The number of fused-ring (bicyclic) bond motifs is 15. The van der Waals surface area contributed by atoms with Gasteiger partial charge in [-0.1, -0.05) is 18.2 Å². The number of nitrogens with one attached hydrogen (secondary N) is 5. The molecule has 3 aliphatic carbocycles. The second kappa shape index (κ2) is 19.5. The predicted molar refractivity (Wildman–Crippen MR) is 307 cm³/mol. The Hall–Kier alpha value is -9.01. The molecule has 0 spiro atoms. The molecule has 0 aliphatic heterocycles. The number of phenolic OH excluding ortho intramolecular Hbond substituents is 1. The molecule has 0 fully saturated rings. The van der Waals surface area contributed by atoms with Crippen LogP contribution in [0.4, 0.5) is 5.69 Å². The van der Waals surface area contributed by atoms with Gasteiger partial charge in [0.05, 0.1) is 52.4 Å². The third-order valence-corrected chi connectivity index (χ3v) is 16.5. The van der Waals surface area contributed by atoms with Gasteiger partial charge in [-0.15, -0.1) is 0 Å². The number of H-pyrrole nitrogens is 4. The molecule has 7 heterocycles. The molecule has 78 heavy (non-hydrogen) atoms. The third-order valence-electron chi connectivity index (χ3n) is 15.9. The number of anilines is 1. The molecule has 0 amide bonds. The van der Waals surface area contributed by atoms with Crippen molar-refractivity contribution < 1.29 is 13.5 Å². The summed E-state index contributed by atoms with van der Waals surface area (Å²) in [7, 11) is -3.28. The molecule has 17 heteroatoms. The summed E-state index contributed by atoms with van der Waals surface area (Å²) in [5, 5.41) is 51.0. The SMILES string of the molecule is CS(=O)(=O)Nc1ccc(-c2[nH]c3ccc4nccc4c3c3c2CCCC3)cc1.Cc1[nH]ncc1-c1nc2ccc3n[nH]c(C)c3c2c2c1CC(C#N)CC2.Oc1ccc(-c2nc3c(ccc4n[nH]nc43)c3c2CCCC3)cc1. The highest BCUT2D eigenvalue weighted by Crippen LogP contribution is 2.42. The largest absolute Gasteiger partial charge is 0.508 e. The Morgan fingerprint density at radius 3 is 2.12 bits per heavy atom. The first kappa shape index (κ1) is 48.6. The van der Waals surface area contributed by atoms with Crippen LogP contribution in [0, 0.1) is 31.1 Å². The van der Waals surface area contributed by atoms with Crippen LogP contribution in [-0.2, 0) is 48.5 Å². The summed E-state index contributed by atoms with van der Waals surface area (Å²) in [5.41, 5.74) is 23.5. The number of benzene rings is 5. The zero-order valence-electron chi connectivity index (χ0n) is 43.4. The van der Waals surface area contributed by atoms with Gasteiger partial charge < -0.3 is 10.1 Å². The fourth-order valence-electron chi connectivity index (χ4n) is 12.3. The second-order valence-electron chi connectivity index (χ2n) is 20.9. The topological polar surface area (TPSA) is 244 Å². The molecule has 15 rings (SSSR count). The van der Waals surface area contributed by atoms with Crippen LogP contribution in [0.5, 0.6) is 5.75 Å². The summed E-state index contributed by atoms with van der Waals surface area (Å²) in [6, 6.07) is 31.8. The van der Waals surface area contributed by atoms with Crippen molar-refractivity contribution in [3.8, 4) is 45.6 Å². The van der Waals surface area contributed by atoms with Gasteiger partial charge in [0.1, 0.15) is 22.3 Å². The number of nitrogens with zero attached hydrogens (tertiary/aromatic N) is 8. The number of aryl methyl sites for hydroxylation is 5. The number of aromatic hydroxyl groups is 1. The highest BCUT2D eigenvalue weighted by molar-refractivity contribution is 7.92. The Balaban J connectivity index is 0.000000112. The van der Waals surface area contributed by atoms with Gasteiger partial charge in [0.15, 0.2) is 0 Å². The molecule has 0 saturated carbocycles. The van der Waals surface area contributed by atoms with Gasteiger partial charge in [0.25, 0.3) is 0 Å².